The second kappa shape index (κ2) is 4.75. The maximum Gasteiger partial charge on any atom is 0.142 e. The zero-order valence-corrected chi connectivity index (χ0v) is 10.4. The van der Waals surface area contributed by atoms with Gasteiger partial charge in [-0.3, -0.25) is 0 Å². The van der Waals surface area contributed by atoms with E-state index in [-0.39, 0.29) is 0 Å². The number of hydrogen-bond donors (Lipinski definition) is 0. The van der Waals surface area contributed by atoms with Gasteiger partial charge >= 0.3 is 0 Å². The summed E-state index contributed by atoms with van der Waals surface area (Å²) in [6.07, 6.45) is 0. The van der Waals surface area contributed by atoms with Crippen LogP contribution in [0.1, 0.15) is 19.5 Å². The van der Waals surface area contributed by atoms with Crippen LogP contribution in [0, 0.1) is 11.3 Å². The summed E-state index contributed by atoms with van der Waals surface area (Å²) >= 11 is 2.00. The van der Waals surface area contributed by atoms with Gasteiger partial charge in [0.2, 0.25) is 0 Å². The molecule has 0 saturated carbocycles. The average molecular weight is 233 g/mol. The first-order valence-corrected chi connectivity index (χ1v) is 6.52. The first-order valence-electron chi connectivity index (χ1n) is 5.48. The molecular formula is C12H15N3S. The van der Waals surface area contributed by atoms with Crippen molar-refractivity contribution in [1.82, 2.24) is 4.98 Å². The summed E-state index contributed by atoms with van der Waals surface area (Å²) in [5.41, 5.74) is 0.496. The van der Waals surface area contributed by atoms with Crippen LogP contribution in [0.4, 0.5) is 5.82 Å². The van der Waals surface area contributed by atoms with Gasteiger partial charge in [-0.1, -0.05) is 13.0 Å². The van der Waals surface area contributed by atoms with Crippen LogP contribution in [0.5, 0.6) is 0 Å². The van der Waals surface area contributed by atoms with Crippen LogP contribution in [0.3, 0.4) is 0 Å². The van der Waals surface area contributed by atoms with E-state index >= 15 is 0 Å². The zero-order chi connectivity index (χ0) is 11.5. The Hall–Kier alpha value is -1.21. The van der Waals surface area contributed by atoms with Crippen molar-refractivity contribution in [3.63, 3.8) is 0 Å². The fourth-order valence-electron chi connectivity index (χ4n) is 1.90. The summed E-state index contributed by atoms with van der Waals surface area (Å²) < 4.78 is 0. The molecule has 1 aromatic rings. The molecule has 2 heterocycles. The Labute approximate surface area is 100 Å². The van der Waals surface area contributed by atoms with E-state index < -0.39 is 0 Å². The topological polar surface area (TPSA) is 39.9 Å². The van der Waals surface area contributed by atoms with Crippen molar-refractivity contribution in [2.45, 2.75) is 25.1 Å². The summed E-state index contributed by atoms with van der Waals surface area (Å²) in [6.45, 7) is 5.48. The first-order chi connectivity index (χ1) is 7.72. The maximum atomic E-state index is 8.84. The van der Waals surface area contributed by atoms with Crippen LogP contribution < -0.4 is 4.90 Å². The minimum Gasteiger partial charge on any atom is -0.352 e. The Kier molecular flexibility index (Phi) is 3.35. The van der Waals surface area contributed by atoms with Crippen LogP contribution in [-0.2, 0) is 0 Å². The minimum absolute atomic E-state index is 0.472. The molecule has 0 radical (unpaired) electrons. The third-order valence-corrected chi connectivity index (χ3v) is 4.37. The van der Waals surface area contributed by atoms with Crippen LogP contribution in [0.15, 0.2) is 18.2 Å². The predicted molar refractivity (Wildman–Crippen MR) is 67.7 cm³/mol. The molecule has 2 rings (SSSR count). The van der Waals surface area contributed by atoms with Crippen LogP contribution in [0.25, 0.3) is 0 Å². The van der Waals surface area contributed by atoms with Gasteiger partial charge in [-0.25, -0.2) is 4.98 Å². The van der Waals surface area contributed by atoms with Crippen molar-refractivity contribution < 1.29 is 0 Å². The molecule has 0 aliphatic carbocycles. The lowest BCUT2D eigenvalue weighted by molar-refractivity contribution is 0.620. The normalized spacial score (nSPS) is 25.2. The quantitative estimate of drug-likeness (QED) is 0.746. The maximum absolute atomic E-state index is 8.84. The number of anilines is 1. The Bertz CT molecular complexity index is 413. The SMILES string of the molecule is CC1SCCN(c2cccc(C#N)n2)C1C. The van der Waals surface area contributed by atoms with Crippen LogP contribution >= 0.6 is 11.8 Å². The van der Waals surface area contributed by atoms with Gasteiger partial charge in [-0.2, -0.15) is 17.0 Å². The molecular weight excluding hydrogens is 218 g/mol. The van der Waals surface area contributed by atoms with E-state index in [0.717, 1.165) is 18.1 Å². The number of rotatable bonds is 1. The summed E-state index contributed by atoms with van der Waals surface area (Å²) in [5, 5.41) is 9.46. The third-order valence-electron chi connectivity index (χ3n) is 3.03. The van der Waals surface area contributed by atoms with Gasteiger partial charge in [0.15, 0.2) is 0 Å². The average Bonchev–Trinajstić information content (AvgIpc) is 2.33. The van der Waals surface area contributed by atoms with Gasteiger partial charge in [0.05, 0.1) is 0 Å². The molecule has 2 unspecified atom stereocenters. The molecule has 4 heteroatoms. The Morgan fingerprint density at radius 1 is 1.50 bits per heavy atom. The number of thioether (sulfide) groups is 1. The van der Waals surface area contributed by atoms with E-state index in [4.69, 9.17) is 5.26 Å². The summed E-state index contributed by atoms with van der Waals surface area (Å²) in [7, 11) is 0. The highest BCUT2D eigenvalue weighted by atomic mass is 32.2. The van der Waals surface area contributed by atoms with Crippen molar-refractivity contribution in [1.29, 1.82) is 5.26 Å². The van der Waals surface area contributed by atoms with Crippen LogP contribution in [0.2, 0.25) is 0 Å². The predicted octanol–water partition coefficient (Wildman–Crippen LogP) is 2.28. The molecule has 0 aromatic carbocycles. The highest BCUT2D eigenvalue weighted by Crippen LogP contribution is 2.27. The molecule has 16 heavy (non-hydrogen) atoms. The van der Waals surface area contributed by atoms with Crippen molar-refractivity contribution in [3.05, 3.63) is 23.9 Å². The van der Waals surface area contributed by atoms with E-state index in [1.807, 2.05) is 23.9 Å². The number of pyridine rings is 1. The molecule has 0 spiro atoms. The van der Waals surface area contributed by atoms with E-state index in [2.05, 4.69) is 29.8 Å². The fraction of sp³-hybridized carbons (Fsp3) is 0.500. The van der Waals surface area contributed by atoms with Crippen molar-refractivity contribution in [3.8, 4) is 6.07 Å². The Morgan fingerprint density at radius 3 is 3.06 bits per heavy atom. The fourth-order valence-corrected chi connectivity index (χ4v) is 3.00. The van der Waals surface area contributed by atoms with E-state index in [9.17, 15) is 0 Å². The van der Waals surface area contributed by atoms with Crippen LogP contribution in [-0.4, -0.2) is 28.6 Å². The molecule has 2 atom stereocenters. The first kappa shape index (κ1) is 11.3. The van der Waals surface area contributed by atoms with E-state index in [1.165, 1.54) is 0 Å². The second-order valence-corrected chi connectivity index (χ2v) is 5.49. The molecule has 3 nitrogen and oxygen atoms in total. The lowest BCUT2D eigenvalue weighted by Gasteiger charge is -2.38. The lowest BCUT2D eigenvalue weighted by Crippen LogP contribution is -2.45. The highest BCUT2D eigenvalue weighted by Gasteiger charge is 2.26. The van der Waals surface area contributed by atoms with Crippen molar-refractivity contribution in [2.75, 3.05) is 17.2 Å². The number of hydrogen-bond acceptors (Lipinski definition) is 4. The number of nitrogens with zero attached hydrogens (tertiary/aromatic N) is 3. The van der Waals surface area contributed by atoms with Gasteiger partial charge < -0.3 is 4.90 Å². The second-order valence-electron chi connectivity index (χ2n) is 4.00. The lowest BCUT2D eigenvalue weighted by atomic mass is 10.2. The summed E-state index contributed by atoms with van der Waals surface area (Å²) in [5.74, 6) is 2.06. The molecule has 1 saturated heterocycles. The highest BCUT2D eigenvalue weighted by molar-refractivity contribution is 8.00. The van der Waals surface area contributed by atoms with Gasteiger partial charge in [0, 0.05) is 23.6 Å². The monoisotopic (exact) mass is 233 g/mol. The van der Waals surface area contributed by atoms with Gasteiger partial charge in [-0.15, -0.1) is 0 Å². The Morgan fingerprint density at radius 2 is 2.31 bits per heavy atom. The standard InChI is InChI=1S/C12H15N3S/c1-9-10(2)16-7-6-15(9)12-5-3-4-11(8-13)14-12/h3-5,9-10H,6-7H2,1-2H3. The minimum atomic E-state index is 0.472. The third kappa shape index (κ3) is 2.14. The van der Waals surface area contributed by atoms with E-state index in [0.29, 0.717) is 17.0 Å². The molecule has 1 aromatic heterocycles. The Balaban J connectivity index is 2.26. The molecule has 0 bridgehead atoms. The molecule has 1 fully saturated rings. The number of nitriles is 1. The molecule has 0 amide bonds. The number of aromatic nitrogens is 1. The van der Waals surface area contributed by atoms with Gasteiger partial charge in [-0.05, 0) is 19.1 Å². The summed E-state index contributed by atoms with van der Waals surface area (Å²) in [4.78, 5) is 6.65. The van der Waals surface area contributed by atoms with Crippen molar-refractivity contribution in [2.24, 2.45) is 0 Å². The molecule has 84 valence electrons. The summed E-state index contributed by atoms with van der Waals surface area (Å²) in [6, 6.07) is 8.20. The smallest absolute Gasteiger partial charge is 0.142 e. The van der Waals surface area contributed by atoms with Crippen molar-refractivity contribution >= 4 is 17.6 Å². The molecule has 1 aliphatic rings. The molecule has 1 aliphatic heterocycles. The van der Waals surface area contributed by atoms with E-state index in [1.54, 1.807) is 6.07 Å². The largest absolute Gasteiger partial charge is 0.352 e. The zero-order valence-electron chi connectivity index (χ0n) is 9.55. The van der Waals surface area contributed by atoms with Gasteiger partial charge in [0.25, 0.3) is 0 Å². The molecule has 0 N–H and O–H groups in total. The van der Waals surface area contributed by atoms with Gasteiger partial charge in [0.1, 0.15) is 17.6 Å².